The number of rotatable bonds is 4. The summed E-state index contributed by atoms with van der Waals surface area (Å²) in [5, 5.41) is 14.9. The molecule has 0 spiro atoms. The molecule has 1 heterocycles. The molecule has 0 amide bonds. The van der Waals surface area contributed by atoms with Crippen LogP contribution in [-0.4, -0.2) is 10.1 Å². The van der Waals surface area contributed by atoms with E-state index in [1.165, 1.54) is 10.8 Å². The molecule has 136 valence electrons. The van der Waals surface area contributed by atoms with E-state index >= 15 is 0 Å². The number of hydrogen-bond donors (Lipinski definition) is 2. The minimum absolute atomic E-state index is 0.154. The predicted molar refractivity (Wildman–Crippen MR) is 115 cm³/mol. The molecule has 5 aromatic rings. The van der Waals surface area contributed by atoms with Gasteiger partial charge in [-0.1, -0.05) is 97.1 Å². The normalized spacial score (nSPS) is 13.6. The molecule has 28 heavy (non-hydrogen) atoms. The number of nitrogens with one attached hydrogen (secondary N) is 1. The van der Waals surface area contributed by atoms with Gasteiger partial charge in [-0.25, -0.2) is 0 Å². The largest absolute Gasteiger partial charge is 0.387 e. The fourth-order valence-electron chi connectivity index (χ4n) is 4.19. The van der Waals surface area contributed by atoms with Gasteiger partial charge in [0.2, 0.25) is 0 Å². The summed E-state index contributed by atoms with van der Waals surface area (Å²) in [6.45, 7) is 0. The summed E-state index contributed by atoms with van der Waals surface area (Å²) in [6.07, 6.45) is 1.43. The van der Waals surface area contributed by atoms with Gasteiger partial charge in [0.05, 0.1) is 11.6 Å². The summed E-state index contributed by atoms with van der Waals surface area (Å²) in [5.74, 6) is -0.154. The molecular weight excluding hydrogens is 342 g/mol. The van der Waals surface area contributed by atoms with Gasteiger partial charge in [-0.2, -0.15) is 0 Å². The van der Waals surface area contributed by atoms with Gasteiger partial charge in [-0.3, -0.25) is 0 Å². The van der Waals surface area contributed by atoms with Gasteiger partial charge in [0.15, 0.2) is 0 Å². The number of fused-ring (bicyclic) bond motifs is 3. The van der Waals surface area contributed by atoms with Crippen molar-refractivity contribution >= 4 is 21.7 Å². The minimum atomic E-state index is -0.630. The molecule has 0 bridgehead atoms. The molecule has 0 aliphatic heterocycles. The second-order valence-corrected chi connectivity index (χ2v) is 7.20. The van der Waals surface area contributed by atoms with Crippen LogP contribution >= 0.6 is 0 Å². The van der Waals surface area contributed by atoms with Crippen LogP contribution in [0.3, 0.4) is 0 Å². The van der Waals surface area contributed by atoms with E-state index in [-0.39, 0.29) is 5.92 Å². The van der Waals surface area contributed by atoms with Crippen molar-refractivity contribution in [1.82, 2.24) is 4.98 Å². The van der Waals surface area contributed by atoms with Crippen molar-refractivity contribution in [3.05, 3.63) is 120 Å². The zero-order chi connectivity index (χ0) is 18.9. The van der Waals surface area contributed by atoms with Crippen LogP contribution in [0.4, 0.5) is 0 Å². The quantitative estimate of drug-likeness (QED) is 0.392. The maximum atomic E-state index is 11.4. The number of hydrogen-bond acceptors (Lipinski definition) is 1. The van der Waals surface area contributed by atoms with Crippen molar-refractivity contribution in [3.8, 4) is 0 Å². The Balaban J connectivity index is 1.73. The molecule has 0 unspecified atom stereocenters. The summed E-state index contributed by atoms with van der Waals surface area (Å²) in [4.78, 5) is 3.48. The molecule has 0 aliphatic rings. The number of benzene rings is 4. The van der Waals surface area contributed by atoms with Crippen LogP contribution in [0.2, 0.25) is 0 Å². The zero-order valence-electron chi connectivity index (χ0n) is 15.4. The summed E-state index contributed by atoms with van der Waals surface area (Å²) >= 11 is 0. The first kappa shape index (κ1) is 16.8. The highest BCUT2D eigenvalue weighted by Gasteiger charge is 2.27. The summed E-state index contributed by atoms with van der Waals surface area (Å²) < 4.78 is 0. The van der Waals surface area contributed by atoms with E-state index in [0.717, 1.165) is 27.6 Å². The second-order valence-electron chi connectivity index (χ2n) is 7.20. The molecule has 0 saturated carbocycles. The number of aliphatic hydroxyl groups excluding tert-OH is 1. The average Bonchev–Trinajstić information content (AvgIpc) is 3.19. The van der Waals surface area contributed by atoms with Crippen molar-refractivity contribution in [3.63, 3.8) is 0 Å². The lowest BCUT2D eigenvalue weighted by atomic mass is 9.83. The van der Waals surface area contributed by atoms with E-state index in [1.807, 2.05) is 48.5 Å². The van der Waals surface area contributed by atoms with E-state index in [2.05, 4.69) is 59.7 Å². The minimum Gasteiger partial charge on any atom is -0.387 e. The third-order valence-corrected chi connectivity index (χ3v) is 5.56. The first-order valence-corrected chi connectivity index (χ1v) is 9.59. The third-order valence-electron chi connectivity index (χ3n) is 5.56. The molecule has 0 radical (unpaired) electrons. The van der Waals surface area contributed by atoms with E-state index in [4.69, 9.17) is 0 Å². The molecule has 2 N–H and O–H groups in total. The SMILES string of the molecule is O[C@@H](c1ccccc1)[C@H](c1ccccc1)c1c[nH]c2c1ccc1ccccc12. The van der Waals surface area contributed by atoms with Crippen LogP contribution in [0.1, 0.15) is 28.7 Å². The number of aromatic amines is 1. The summed E-state index contributed by atoms with van der Waals surface area (Å²) in [6, 6.07) is 32.9. The first-order valence-electron chi connectivity index (χ1n) is 9.59. The first-order chi connectivity index (χ1) is 13.8. The molecule has 0 saturated heterocycles. The number of H-pyrrole nitrogens is 1. The van der Waals surface area contributed by atoms with Crippen LogP contribution in [0.25, 0.3) is 21.7 Å². The lowest BCUT2D eigenvalue weighted by molar-refractivity contribution is 0.159. The Morgan fingerprint density at radius 3 is 2.00 bits per heavy atom. The van der Waals surface area contributed by atoms with Crippen molar-refractivity contribution in [2.45, 2.75) is 12.0 Å². The Bertz CT molecular complexity index is 1220. The molecule has 0 aliphatic carbocycles. The predicted octanol–water partition coefficient (Wildman–Crippen LogP) is 6.19. The van der Waals surface area contributed by atoms with Gasteiger partial charge in [0.1, 0.15) is 0 Å². The summed E-state index contributed by atoms with van der Waals surface area (Å²) in [7, 11) is 0. The molecule has 4 aromatic carbocycles. The van der Waals surface area contributed by atoms with Gasteiger partial charge >= 0.3 is 0 Å². The van der Waals surface area contributed by atoms with Crippen molar-refractivity contribution in [1.29, 1.82) is 0 Å². The molecular formula is C26H21NO. The van der Waals surface area contributed by atoms with Crippen molar-refractivity contribution in [2.75, 3.05) is 0 Å². The number of aromatic nitrogens is 1. The Kier molecular flexibility index (Phi) is 4.19. The highest BCUT2D eigenvalue weighted by Crippen LogP contribution is 2.41. The monoisotopic (exact) mass is 363 g/mol. The maximum Gasteiger partial charge on any atom is 0.0899 e. The standard InChI is InChI=1S/C26H21NO/c28-26(20-12-5-2-6-13-20)24(19-10-3-1-4-11-19)23-17-27-25-21-14-8-7-9-18(21)15-16-22(23)25/h1-17,24,26-28H/t24-,26+/m1/s1. The highest BCUT2D eigenvalue weighted by atomic mass is 16.3. The van der Waals surface area contributed by atoms with Gasteiger partial charge in [0.25, 0.3) is 0 Å². The molecule has 2 nitrogen and oxygen atoms in total. The molecule has 0 fully saturated rings. The van der Waals surface area contributed by atoms with Gasteiger partial charge in [-0.05, 0) is 22.1 Å². The van der Waals surface area contributed by atoms with E-state index in [0.29, 0.717) is 0 Å². The van der Waals surface area contributed by atoms with Crippen LogP contribution in [0, 0.1) is 0 Å². The van der Waals surface area contributed by atoms with E-state index in [1.54, 1.807) is 0 Å². The summed E-state index contributed by atoms with van der Waals surface area (Å²) in [5.41, 5.74) is 4.26. The third kappa shape index (κ3) is 2.79. The smallest absolute Gasteiger partial charge is 0.0899 e. The van der Waals surface area contributed by atoms with Crippen LogP contribution in [0.5, 0.6) is 0 Å². The van der Waals surface area contributed by atoms with E-state index in [9.17, 15) is 5.11 Å². The molecule has 1 aromatic heterocycles. The Morgan fingerprint density at radius 1 is 0.607 bits per heavy atom. The maximum absolute atomic E-state index is 11.4. The zero-order valence-corrected chi connectivity index (χ0v) is 15.4. The average molecular weight is 363 g/mol. The Hall–Kier alpha value is -3.36. The lowest BCUT2D eigenvalue weighted by Gasteiger charge is -2.24. The Labute approximate surface area is 164 Å². The van der Waals surface area contributed by atoms with Gasteiger partial charge in [0, 0.05) is 22.9 Å². The fourth-order valence-corrected chi connectivity index (χ4v) is 4.19. The fraction of sp³-hybridized carbons (Fsp3) is 0.0769. The van der Waals surface area contributed by atoms with Gasteiger partial charge in [-0.15, -0.1) is 0 Å². The van der Waals surface area contributed by atoms with Crippen LogP contribution in [0.15, 0.2) is 103 Å². The van der Waals surface area contributed by atoms with Crippen LogP contribution < -0.4 is 0 Å². The van der Waals surface area contributed by atoms with E-state index < -0.39 is 6.10 Å². The van der Waals surface area contributed by atoms with Gasteiger partial charge < -0.3 is 10.1 Å². The number of aliphatic hydroxyl groups is 1. The molecule has 2 atom stereocenters. The molecule has 2 heteroatoms. The van der Waals surface area contributed by atoms with Crippen molar-refractivity contribution in [2.24, 2.45) is 0 Å². The lowest BCUT2D eigenvalue weighted by Crippen LogP contribution is -2.12. The van der Waals surface area contributed by atoms with Crippen LogP contribution in [-0.2, 0) is 0 Å². The Morgan fingerprint density at radius 2 is 1.25 bits per heavy atom. The topological polar surface area (TPSA) is 36.0 Å². The molecule has 5 rings (SSSR count). The second kappa shape index (κ2) is 6.99. The van der Waals surface area contributed by atoms with Crippen molar-refractivity contribution < 1.29 is 5.11 Å². The highest BCUT2D eigenvalue weighted by molar-refractivity contribution is 6.06.